The molecule has 0 radical (unpaired) electrons. The molecule has 0 aliphatic rings. The third kappa shape index (κ3) is 4.63. The van der Waals surface area contributed by atoms with Crippen LogP contribution in [0.25, 0.3) is 22.4 Å². The van der Waals surface area contributed by atoms with Gasteiger partial charge in [0, 0.05) is 30.6 Å². The molecule has 30 heavy (non-hydrogen) atoms. The van der Waals surface area contributed by atoms with E-state index in [1.54, 1.807) is 6.92 Å². The van der Waals surface area contributed by atoms with Crippen LogP contribution in [0.15, 0.2) is 65.5 Å². The van der Waals surface area contributed by atoms with Gasteiger partial charge in [0.2, 0.25) is 0 Å². The van der Waals surface area contributed by atoms with Gasteiger partial charge in [-0.2, -0.15) is 5.10 Å². The van der Waals surface area contributed by atoms with E-state index in [-0.39, 0.29) is 24.9 Å². The van der Waals surface area contributed by atoms with Gasteiger partial charge in [-0.15, -0.1) is 0 Å². The lowest BCUT2D eigenvalue weighted by Gasteiger charge is -2.16. The molecule has 1 aromatic heterocycles. The Morgan fingerprint density at radius 1 is 1.00 bits per heavy atom. The monoisotopic (exact) mass is 405 g/mol. The zero-order valence-electron chi connectivity index (χ0n) is 16.7. The van der Waals surface area contributed by atoms with Crippen LogP contribution < -0.4 is 10.9 Å². The zero-order valence-corrected chi connectivity index (χ0v) is 16.7. The Bertz CT molecular complexity index is 1090. The molecule has 154 valence electrons. The van der Waals surface area contributed by atoms with Crippen molar-refractivity contribution in [1.82, 2.24) is 15.1 Å². The summed E-state index contributed by atoms with van der Waals surface area (Å²) in [6, 6.07) is 18.6. The fraction of sp³-hybridized carbons (Fsp3) is 0.217. The standard InChI is InChI=1S/C23H23N3O4/c1-2-26-23(30)20(22(29)24-15-9-14-18(27)28)19(16-10-5-3-6-11-16)21(25-26)17-12-7-4-8-13-17/h3-8,10-13H,2,9,14-15H2,1H3,(H,24,29)(H,27,28). The lowest BCUT2D eigenvalue weighted by molar-refractivity contribution is -0.137. The number of nitrogens with zero attached hydrogens (tertiary/aromatic N) is 2. The average molecular weight is 405 g/mol. The molecule has 0 aliphatic heterocycles. The van der Waals surface area contributed by atoms with Crippen LogP contribution in [0.1, 0.15) is 30.1 Å². The first-order valence-corrected chi connectivity index (χ1v) is 9.79. The van der Waals surface area contributed by atoms with Crippen LogP contribution in [-0.4, -0.2) is 33.3 Å². The summed E-state index contributed by atoms with van der Waals surface area (Å²) in [5, 5.41) is 16.0. The predicted molar refractivity (Wildman–Crippen MR) is 114 cm³/mol. The second-order valence-electron chi connectivity index (χ2n) is 6.70. The van der Waals surface area contributed by atoms with E-state index in [1.807, 2.05) is 60.7 Å². The molecule has 2 aromatic carbocycles. The highest BCUT2D eigenvalue weighted by Gasteiger charge is 2.24. The zero-order chi connectivity index (χ0) is 21.5. The van der Waals surface area contributed by atoms with Gasteiger partial charge in [-0.3, -0.25) is 14.4 Å². The normalized spacial score (nSPS) is 10.6. The van der Waals surface area contributed by atoms with E-state index in [9.17, 15) is 14.4 Å². The number of hydrogen-bond donors (Lipinski definition) is 2. The fourth-order valence-electron chi connectivity index (χ4n) is 3.21. The van der Waals surface area contributed by atoms with Gasteiger partial charge in [0.1, 0.15) is 5.56 Å². The van der Waals surface area contributed by atoms with Crippen molar-refractivity contribution in [2.24, 2.45) is 0 Å². The molecule has 0 fully saturated rings. The van der Waals surface area contributed by atoms with E-state index in [2.05, 4.69) is 10.4 Å². The molecule has 0 unspecified atom stereocenters. The van der Waals surface area contributed by atoms with Crippen molar-refractivity contribution < 1.29 is 14.7 Å². The van der Waals surface area contributed by atoms with Crippen molar-refractivity contribution >= 4 is 11.9 Å². The fourth-order valence-corrected chi connectivity index (χ4v) is 3.21. The molecule has 7 heteroatoms. The van der Waals surface area contributed by atoms with Crippen molar-refractivity contribution in [1.29, 1.82) is 0 Å². The van der Waals surface area contributed by atoms with Gasteiger partial charge in [-0.05, 0) is 18.9 Å². The second kappa shape index (κ2) is 9.65. The van der Waals surface area contributed by atoms with Gasteiger partial charge < -0.3 is 10.4 Å². The van der Waals surface area contributed by atoms with Crippen molar-refractivity contribution in [3.05, 3.63) is 76.6 Å². The minimum Gasteiger partial charge on any atom is -0.481 e. The molecule has 0 atom stereocenters. The lowest BCUT2D eigenvalue weighted by Crippen LogP contribution is -2.36. The highest BCUT2D eigenvalue weighted by atomic mass is 16.4. The number of aliphatic carboxylic acids is 1. The Kier molecular flexibility index (Phi) is 6.75. The Morgan fingerprint density at radius 2 is 1.60 bits per heavy atom. The number of carboxylic acid groups (broad SMARTS) is 1. The average Bonchev–Trinajstić information content (AvgIpc) is 2.77. The smallest absolute Gasteiger partial charge is 0.303 e. The maximum absolute atomic E-state index is 13.1. The molecular weight excluding hydrogens is 382 g/mol. The highest BCUT2D eigenvalue weighted by molar-refractivity contribution is 6.03. The Morgan fingerprint density at radius 3 is 2.17 bits per heavy atom. The summed E-state index contributed by atoms with van der Waals surface area (Å²) < 4.78 is 1.28. The van der Waals surface area contributed by atoms with Crippen LogP contribution in [0, 0.1) is 0 Å². The number of carbonyl (C=O) groups excluding carboxylic acids is 1. The first kappa shape index (κ1) is 21.0. The second-order valence-corrected chi connectivity index (χ2v) is 6.70. The number of hydrogen-bond acceptors (Lipinski definition) is 4. The highest BCUT2D eigenvalue weighted by Crippen LogP contribution is 2.31. The lowest BCUT2D eigenvalue weighted by atomic mass is 9.95. The van der Waals surface area contributed by atoms with Gasteiger partial charge in [0.15, 0.2) is 0 Å². The molecule has 3 aromatic rings. The molecule has 0 bridgehead atoms. The molecule has 3 rings (SSSR count). The van der Waals surface area contributed by atoms with Crippen molar-refractivity contribution in [3.63, 3.8) is 0 Å². The van der Waals surface area contributed by atoms with E-state index >= 15 is 0 Å². The van der Waals surface area contributed by atoms with E-state index < -0.39 is 17.4 Å². The van der Waals surface area contributed by atoms with Crippen LogP contribution in [-0.2, 0) is 11.3 Å². The molecule has 0 saturated carbocycles. The summed E-state index contributed by atoms with van der Waals surface area (Å²) in [4.78, 5) is 36.9. The quantitative estimate of drug-likeness (QED) is 0.561. The molecule has 0 spiro atoms. The first-order valence-electron chi connectivity index (χ1n) is 9.79. The summed E-state index contributed by atoms with van der Waals surface area (Å²) >= 11 is 0. The largest absolute Gasteiger partial charge is 0.481 e. The van der Waals surface area contributed by atoms with Gasteiger partial charge >= 0.3 is 5.97 Å². The Hall–Kier alpha value is -3.74. The summed E-state index contributed by atoms with van der Waals surface area (Å²) in [5.74, 6) is -1.47. The van der Waals surface area contributed by atoms with Crippen LogP contribution in [0.2, 0.25) is 0 Å². The summed E-state index contributed by atoms with van der Waals surface area (Å²) in [7, 11) is 0. The number of aromatic nitrogens is 2. The van der Waals surface area contributed by atoms with Gasteiger partial charge in [-0.1, -0.05) is 60.7 Å². The van der Waals surface area contributed by atoms with Crippen molar-refractivity contribution in [2.45, 2.75) is 26.3 Å². The third-order valence-electron chi connectivity index (χ3n) is 4.65. The minimum atomic E-state index is -0.933. The Labute approximate surface area is 174 Å². The topological polar surface area (TPSA) is 101 Å². The van der Waals surface area contributed by atoms with Crippen molar-refractivity contribution in [2.75, 3.05) is 6.54 Å². The minimum absolute atomic E-state index is 0.00669. The molecule has 1 amide bonds. The van der Waals surface area contributed by atoms with Crippen LogP contribution >= 0.6 is 0 Å². The summed E-state index contributed by atoms with van der Waals surface area (Å²) in [6.45, 7) is 2.26. The van der Waals surface area contributed by atoms with E-state index in [0.29, 0.717) is 23.4 Å². The number of aryl methyl sites for hydroxylation is 1. The van der Waals surface area contributed by atoms with Gasteiger partial charge in [0.25, 0.3) is 11.5 Å². The van der Waals surface area contributed by atoms with E-state index in [0.717, 1.165) is 5.56 Å². The number of benzene rings is 2. The maximum Gasteiger partial charge on any atom is 0.303 e. The third-order valence-corrected chi connectivity index (χ3v) is 4.65. The van der Waals surface area contributed by atoms with E-state index in [1.165, 1.54) is 4.68 Å². The van der Waals surface area contributed by atoms with Crippen LogP contribution in [0.3, 0.4) is 0 Å². The SMILES string of the molecule is CCn1nc(-c2ccccc2)c(-c2ccccc2)c(C(=O)NCCCC(=O)O)c1=O. The molecule has 0 saturated heterocycles. The molecule has 0 aliphatic carbocycles. The number of rotatable bonds is 8. The molecule has 1 heterocycles. The maximum atomic E-state index is 13.1. The number of amides is 1. The van der Waals surface area contributed by atoms with E-state index in [4.69, 9.17) is 5.11 Å². The Balaban J connectivity index is 2.17. The molecular formula is C23H23N3O4. The van der Waals surface area contributed by atoms with Crippen LogP contribution in [0.4, 0.5) is 0 Å². The van der Waals surface area contributed by atoms with Crippen molar-refractivity contribution in [3.8, 4) is 22.4 Å². The number of nitrogens with one attached hydrogen (secondary N) is 1. The van der Waals surface area contributed by atoms with Crippen LogP contribution in [0.5, 0.6) is 0 Å². The molecule has 7 nitrogen and oxygen atoms in total. The number of carboxylic acids is 1. The predicted octanol–water partition coefficient (Wildman–Crippen LogP) is 3.19. The number of carbonyl (C=O) groups is 2. The molecule has 2 N–H and O–H groups in total. The van der Waals surface area contributed by atoms with Gasteiger partial charge in [-0.25, -0.2) is 4.68 Å². The van der Waals surface area contributed by atoms with Gasteiger partial charge in [0.05, 0.1) is 5.69 Å². The summed E-state index contributed by atoms with van der Waals surface area (Å²) in [6.07, 6.45) is 0.219. The first-order chi connectivity index (χ1) is 14.5. The summed E-state index contributed by atoms with van der Waals surface area (Å²) in [5.41, 5.74) is 2.03.